The number of aromatic nitrogens is 1. The standard InChI is InChI=1S/C15H15NO2/c1-15(2,14-5-3-4-10-16-14)18-13-8-6-12(11-17)7-9-13/h3-11H,1-2H3. The fourth-order valence-electron chi connectivity index (χ4n) is 1.68. The number of hydrogen-bond donors (Lipinski definition) is 0. The molecule has 1 heterocycles. The molecule has 0 bridgehead atoms. The van der Waals surface area contributed by atoms with Crippen LogP contribution in [0.1, 0.15) is 29.9 Å². The lowest BCUT2D eigenvalue weighted by molar-refractivity contribution is 0.104. The van der Waals surface area contributed by atoms with Crippen molar-refractivity contribution >= 4 is 6.29 Å². The van der Waals surface area contributed by atoms with Crippen LogP contribution in [-0.4, -0.2) is 11.3 Å². The van der Waals surface area contributed by atoms with Gasteiger partial charge in [-0.1, -0.05) is 6.07 Å². The van der Waals surface area contributed by atoms with Gasteiger partial charge in [-0.2, -0.15) is 0 Å². The third-order valence-electron chi connectivity index (χ3n) is 2.67. The Hall–Kier alpha value is -2.16. The van der Waals surface area contributed by atoms with Gasteiger partial charge in [0.15, 0.2) is 0 Å². The van der Waals surface area contributed by atoms with Crippen LogP contribution in [0.15, 0.2) is 48.7 Å². The van der Waals surface area contributed by atoms with Crippen molar-refractivity contribution in [3.63, 3.8) is 0 Å². The van der Waals surface area contributed by atoms with Crippen LogP contribution in [0.5, 0.6) is 5.75 Å². The molecule has 2 rings (SSSR count). The smallest absolute Gasteiger partial charge is 0.150 e. The van der Waals surface area contributed by atoms with E-state index in [2.05, 4.69) is 4.98 Å². The van der Waals surface area contributed by atoms with Gasteiger partial charge < -0.3 is 4.74 Å². The summed E-state index contributed by atoms with van der Waals surface area (Å²) < 4.78 is 5.91. The van der Waals surface area contributed by atoms with Crippen LogP contribution in [0.25, 0.3) is 0 Å². The van der Waals surface area contributed by atoms with Crippen molar-refractivity contribution in [1.29, 1.82) is 0 Å². The summed E-state index contributed by atoms with van der Waals surface area (Å²) in [5.74, 6) is 0.719. The van der Waals surface area contributed by atoms with Gasteiger partial charge in [0.2, 0.25) is 0 Å². The predicted octanol–water partition coefficient (Wildman–Crippen LogP) is 3.21. The summed E-state index contributed by atoms with van der Waals surface area (Å²) in [4.78, 5) is 14.9. The summed E-state index contributed by atoms with van der Waals surface area (Å²) in [6.45, 7) is 3.92. The number of ether oxygens (including phenoxy) is 1. The molecule has 0 N–H and O–H groups in total. The molecule has 0 aliphatic rings. The Morgan fingerprint density at radius 1 is 1.11 bits per heavy atom. The molecule has 0 radical (unpaired) electrons. The monoisotopic (exact) mass is 241 g/mol. The molecule has 2 aromatic rings. The Morgan fingerprint density at radius 2 is 1.83 bits per heavy atom. The highest BCUT2D eigenvalue weighted by Gasteiger charge is 2.23. The van der Waals surface area contributed by atoms with E-state index in [1.54, 1.807) is 30.5 Å². The van der Waals surface area contributed by atoms with Crippen molar-refractivity contribution in [2.45, 2.75) is 19.4 Å². The average Bonchev–Trinajstić information content (AvgIpc) is 2.40. The van der Waals surface area contributed by atoms with Gasteiger partial charge in [0, 0.05) is 11.8 Å². The number of benzene rings is 1. The Morgan fingerprint density at radius 3 is 2.39 bits per heavy atom. The van der Waals surface area contributed by atoms with Crippen molar-refractivity contribution in [3.8, 4) is 5.75 Å². The molecular weight excluding hydrogens is 226 g/mol. The van der Waals surface area contributed by atoms with Crippen LogP contribution in [0.3, 0.4) is 0 Å². The molecular formula is C15H15NO2. The van der Waals surface area contributed by atoms with E-state index in [-0.39, 0.29) is 0 Å². The van der Waals surface area contributed by atoms with Gasteiger partial charge in [0.05, 0.1) is 5.69 Å². The molecule has 0 saturated carbocycles. The highest BCUT2D eigenvalue weighted by atomic mass is 16.5. The fraction of sp³-hybridized carbons (Fsp3) is 0.200. The molecule has 1 aromatic heterocycles. The zero-order valence-corrected chi connectivity index (χ0v) is 10.5. The van der Waals surface area contributed by atoms with Gasteiger partial charge in [-0.05, 0) is 50.2 Å². The third kappa shape index (κ3) is 2.74. The minimum atomic E-state index is -0.510. The van der Waals surface area contributed by atoms with Gasteiger partial charge in [-0.25, -0.2) is 0 Å². The van der Waals surface area contributed by atoms with E-state index in [1.165, 1.54) is 0 Å². The van der Waals surface area contributed by atoms with Gasteiger partial charge in [-0.15, -0.1) is 0 Å². The summed E-state index contributed by atoms with van der Waals surface area (Å²) in [6, 6.07) is 12.8. The first-order valence-electron chi connectivity index (χ1n) is 5.77. The Balaban J connectivity index is 2.19. The average molecular weight is 241 g/mol. The molecule has 18 heavy (non-hydrogen) atoms. The second kappa shape index (κ2) is 5.00. The first-order valence-corrected chi connectivity index (χ1v) is 5.77. The van der Waals surface area contributed by atoms with E-state index >= 15 is 0 Å². The highest BCUT2D eigenvalue weighted by molar-refractivity contribution is 5.74. The summed E-state index contributed by atoms with van der Waals surface area (Å²) in [5.41, 5.74) is 0.992. The topological polar surface area (TPSA) is 39.2 Å². The van der Waals surface area contributed by atoms with Gasteiger partial charge in [0.1, 0.15) is 17.6 Å². The van der Waals surface area contributed by atoms with E-state index in [1.807, 2.05) is 32.0 Å². The summed E-state index contributed by atoms with van der Waals surface area (Å²) >= 11 is 0. The van der Waals surface area contributed by atoms with Crippen molar-refractivity contribution < 1.29 is 9.53 Å². The lowest BCUT2D eigenvalue weighted by atomic mass is 10.0. The minimum absolute atomic E-state index is 0.510. The molecule has 0 unspecified atom stereocenters. The Kier molecular flexibility index (Phi) is 3.42. The zero-order valence-electron chi connectivity index (χ0n) is 10.5. The highest BCUT2D eigenvalue weighted by Crippen LogP contribution is 2.26. The first-order chi connectivity index (χ1) is 8.62. The van der Waals surface area contributed by atoms with Crippen LogP contribution in [0, 0.1) is 0 Å². The van der Waals surface area contributed by atoms with Crippen molar-refractivity contribution in [1.82, 2.24) is 4.98 Å². The lowest BCUT2D eigenvalue weighted by Crippen LogP contribution is -2.26. The number of rotatable bonds is 4. The molecule has 3 heteroatoms. The first kappa shape index (κ1) is 12.3. The van der Waals surface area contributed by atoms with Crippen LogP contribution < -0.4 is 4.74 Å². The maximum atomic E-state index is 10.6. The fourth-order valence-corrected chi connectivity index (χ4v) is 1.68. The van der Waals surface area contributed by atoms with Crippen LogP contribution in [0.4, 0.5) is 0 Å². The Labute approximate surface area is 106 Å². The van der Waals surface area contributed by atoms with E-state index in [0.29, 0.717) is 5.56 Å². The van der Waals surface area contributed by atoms with E-state index in [9.17, 15) is 4.79 Å². The SMILES string of the molecule is CC(C)(Oc1ccc(C=O)cc1)c1ccccn1. The number of pyridine rings is 1. The molecule has 0 saturated heterocycles. The zero-order chi connectivity index (χ0) is 13.0. The number of aldehydes is 1. The van der Waals surface area contributed by atoms with E-state index in [0.717, 1.165) is 17.7 Å². The van der Waals surface area contributed by atoms with Gasteiger partial charge in [-0.3, -0.25) is 9.78 Å². The summed E-state index contributed by atoms with van der Waals surface area (Å²) in [5, 5.41) is 0. The van der Waals surface area contributed by atoms with Crippen LogP contribution in [-0.2, 0) is 5.60 Å². The maximum absolute atomic E-state index is 10.6. The molecule has 0 atom stereocenters. The molecule has 3 nitrogen and oxygen atoms in total. The second-order valence-electron chi connectivity index (χ2n) is 4.51. The maximum Gasteiger partial charge on any atom is 0.150 e. The minimum Gasteiger partial charge on any atom is -0.482 e. The molecule has 1 aromatic carbocycles. The largest absolute Gasteiger partial charge is 0.482 e. The third-order valence-corrected chi connectivity index (χ3v) is 2.67. The number of carbonyl (C=O) groups is 1. The van der Waals surface area contributed by atoms with Crippen molar-refractivity contribution in [3.05, 3.63) is 59.9 Å². The summed E-state index contributed by atoms with van der Waals surface area (Å²) in [6.07, 6.45) is 2.56. The Bertz CT molecular complexity index is 518. The number of carbonyl (C=O) groups excluding carboxylic acids is 1. The van der Waals surface area contributed by atoms with Gasteiger partial charge in [0.25, 0.3) is 0 Å². The molecule has 0 aliphatic heterocycles. The number of hydrogen-bond acceptors (Lipinski definition) is 3. The molecule has 0 fully saturated rings. The van der Waals surface area contributed by atoms with Crippen LogP contribution in [0.2, 0.25) is 0 Å². The quantitative estimate of drug-likeness (QED) is 0.771. The van der Waals surface area contributed by atoms with Gasteiger partial charge >= 0.3 is 0 Å². The lowest BCUT2D eigenvalue weighted by Gasteiger charge is -2.25. The normalized spacial score (nSPS) is 11.0. The van der Waals surface area contributed by atoms with E-state index < -0.39 is 5.60 Å². The molecule has 0 spiro atoms. The molecule has 0 aliphatic carbocycles. The molecule has 0 amide bonds. The summed E-state index contributed by atoms with van der Waals surface area (Å²) in [7, 11) is 0. The number of nitrogens with zero attached hydrogens (tertiary/aromatic N) is 1. The van der Waals surface area contributed by atoms with Crippen molar-refractivity contribution in [2.75, 3.05) is 0 Å². The van der Waals surface area contributed by atoms with Crippen molar-refractivity contribution in [2.24, 2.45) is 0 Å². The molecule has 92 valence electrons. The predicted molar refractivity (Wildman–Crippen MR) is 69.7 cm³/mol. The van der Waals surface area contributed by atoms with E-state index in [4.69, 9.17) is 4.74 Å². The van der Waals surface area contributed by atoms with Crippen LogP contribution >= 0.6 is 0 Å². The second-order valence-corrected chi connectivity index (χ2v) is 4.51.